The fourth-order valence-corrected chi connectivity index (χ4v) is 2.53. The first-order valence-corrected chi connectivity index (χ1v) is 7.25. The van der Waals surface area contributed by atoms with Gasteiger partial charge >= 0.3 is 7.60 Å². The number of benzene rings is 2. The van der Waals surface area contributed by atoms with Gasteiger partial charge in [-0.05, 0) is 25.3 Å². The fraction of sp³-hybridized carbons (Fsp3) is 0.231. The maximum Gasteiger partial charge on any atom is 0.359 e. The third-order valence-corrected chi connectivity index (χ3v) is 3.51. The lowest BCUT2D eigenvalue weighted by atomic mass is 10.1. The standard InChI is InChI=1S/C13H15O4P/c1-9(2)17-13-11-6-4-3-5-10(11)7-8-12(13)18(14,15)16/h3-9H,1-2H3,(H2,14,15,16). The van der Waals surface area contributed by atoms with E-state index in [-0.39, 0.29) is 17.2 Å². The van der Waals surface area contributed by atoms with Crippen molar-refractivity contribution in [2.75, 3.05) is 0 Å². The van der Waals surface area contributed by atoms with Gasteiger partial charge in [-0.3, -0.25) is 4.57 Å². The van der Waals surface area contributed by atoms with E-state index in [0.29, 0.717) is 5.39 Å². The Kier molecular flexibility index (Phi) is 3.44. The Labute approximate surface area is 105 Å². The quantitative estimate of drug-likeness (QED) is 0.837. The van der Waals surface area contributed by atoms with Crippen molar-refractivity contribution < 1.29 is 19.1 Å². The molecule has 96 valence electrons. The summed E-state index contributed by atoms with van der Waals surface area (Å²) in [5, 5.41) is 1.55. The molecule has 0 aliphatic rings. The first kappa shape index (κ1) is 13.1. The van der Waals surface area contributed by atoms with Crippen LogP contribution < -0.4 is 10.0 Å². The molecule has 0 bridgehead atoms. The van der Waals surface area contributed by atoms with Crippen molar-refractivity contribution >= 4 is 23.7 Å². The highest BCUT2D eigenvalue weighted by Gasteiger charge is 2.24. The van der Waals surface area contributed by atoms with Gasteiger partial charge in [-0.2, -0.15) is 0 Å². The minimum absolute atomic E-state index is 0.0603. The summed E-state index contributed by atoms with van der Waals surface area (Å²) in [4.78, 5) is 18.7. The molecule has 18 heavy (non-hydrogen) atoms. The lowest BCUT2D eigenvalue weighted by molar-refractivity contribution is 0.246. The van der Waals surface area contributed by atoms with E-state index in [1.807, 2.05) is 32.0 Å². The van der Waals surface area contributed by atoms with Crippen molar-refractivity contribution in [3.8, 4) is 5.75 Å². The SMILES string of the molecule is CC(C)Oc1c(P(=O)(O)O)ccc2ccccc12. The summed E-state index contributed by atoms with van der Waals surface area (Å²) in [5.74, 6) is 0.274. The Morgan fingerprint density at radius 2 is 1.78 bits per heavy atom. The van der Waals surface area contributed by atoms with Crippen molar-refractivity contribution in [3.05, 3.63) is 36.4 Å². The lowest BCUT2D eigenvalue weighted by Crippen LogP contribution is -2.15. The third kappa shape index (κ3) is 2.56. The van der Waals surface area contributed by atoms with Gasteiger partial charge in [0.15, 0.2) is 0 Å². The number of rotatable bonds is 3. The summed E-state index contributed by atoms with van der Waals surface area (Å²) >= 11 is 0. The highest BCUT2D eigenvalue weighted by Crippen LogP contribution is 2.40. The van der Waals surface area contributed by atoms with Crippen molar-refractivity contribution in [3.63, 3.8) is 0 Å². The Morgan fingerprint density at radius 1 is 1.11 bits per heavy atom. The van der Waals surface area contributed by atoms with Crippen LogP contribution in [-0.2, 0) is 4.57 Å². The maximum atomic E-state index is 11.5. The molecule has 0 aliphatic heterocycles. The van der Waals surface area contributed by atoms with Crippen LogP contribution in [0, 0.1) is 0 Å². The number of hydrogen-bond acceptors (Lipinski definition) is 2. The van der Waals surface area contributed by atoms with E-state index >= 15 is 0 Å². The zero-order chi connectivity index (χ0) is 13.3. The molecule has 2 rings (SSSR count). The fourth-order valence-electron chi connectivity index (χ4n) is 1.82. The predicted molar refractivity (Wildman–Crippen MR) is 71.4 cm³/mol. The van der Waals surface area contributed by atoms with Gasteiger partial charge in [0.05, 0.1) is 6.10 Å². The molecule has 0 unspecified atom stereocenters. The maximum absolute atomic E-state index is 11.5. The minimum atomic E-state index is -4.34. The summed E-state index contributed by atoms with van der Waals surface area (Å²) in [7, 11) is -4.34. The molecule has 0 radical (unpaired) electrons. The van der Waals surface area contributed by atoms with Gasteiger partial charge < -0.3 is 14.5 Å². The van der Waals surface area contributed by atoms with Gasteiger partial charge in [-0.25, -0.2) is 0 Å². The van der Waals surface area contributed by atoms with Crippen molar-refractivity contribution in [2.24, 2.45) is 0 Å². The highest BCUT2D eigenvalue weighted by atomic mass is 31.2. The van der Waals surface area contributed by atoms with Crippen LogP contribution in [0.1, 0.15) is 13.8 Å². The highest BCUT2D eigenvalue weighted by molar-refractivity contribution is 7.60. The van der Waals surface area contributed by atoms with E-state index in [1.54, 1.807) is 12.1 Å². The lowest BCUT2D eigenvalue weighted by Gasteiger charge is -2.17. The predicted octanol–water partition coefficient (Wildman–Crippen LogP) is 2.43. The van der Waals surface area contributed by atoms with Crippen LogP contribution in [0.15, 0.2) is 36.4 Å². The molecule has 5 heteroatoms. The molecule has 4 nitrogen and oxygen atoms in total. The van der Waals surface area contributed by atoms with E-state index < -0.39 is 7.60 Å². The second kappa shape index (κ2) is 4.73. The van der Waals surface area contributed by atoms with Crippen LogP contribution in [0.5, 0.6) is 5.75 Å². The van der Waals surface area contributed by atoms with Crippen LogP contribution in [0.4, 0.5) is 0 Å². The van der Waals surface area contributed by atoms with E-state index in [1.165, 1.54) is 6.07 Å². The zero-order valence-electron chi connectivity index (χ0n) is 10.2. The van der Waals surface area contributed by atoms with Crippen LogP contribution in [0.2, 0.25) is 0 Å². The van der Waals surface area contributed by atoms with Crippen molar-refractivity contribution in [2.45, 2.75) is 20.0 Å². The summed E-state index contributed by atoms with van der Waals surface area (Å²) in [6.07, 6.45) is -0.152. The average molecular weight is 266 g/mol. The van der Waals surface area contributed by atoms with Crippen LogP contribution in [0.25, 0.3) is 10.8 Å². The summed E-state index contributed by atoms with van der Waals surface area (Å²) < 4.78 is 17.1. The van der Waals surface area contributed by atoms with Crippen LogP contribution in [-0.4, -0.2) is 15.9 Å². The van der Waals surface area contributed by atoms with E-state index in [0.717, 1.165) is 5.39 Å². The molecular formula is C13H15O4P. The van der Waals surface area contributed by atoms with Gasteiger partial charge in [-0.15, -0.1) is 0 Å². The zero-order valence-corrected chi connectivity index (χ0v) is 11.1. The monoisotopic (exact) mass is 266 g/mol. The molecule has 2 N–H and O–H groups in total. The molecule has 2 aromatic rings. The van der Waals surface area contributed by atoms with Gasteiger partial charge in [0.25, 0.3) is 0 Å². The van der Waals surface area contributed by atoms with Crippen molar-refractivity contribution in [1.29, 1.82) is 0 Å². The second-order valence-corrected chi connectivity index (χ2v) is 5.92. The van der Waals surface area contributed by atoms with Crippen molar-refractivity contribution in [1.82, 2.24) is 0 Å². The van der Waals surface area contributed by atoms with Gasteiger partial charge in [0.1, 0.15) is 11.1 Å². The Balaban J connectivity index is 2.75. The first-order chi connectivity index (χ1) is 8.39. The first-order valence-electron chi connectivity index (χ1n) is 5.64. The molecule has 0 aliphatic carbocycles. The molecule has 0 saturated carbocycles. The summed E-state index contributed by atoms with van der Waals surface area (Å²) in [6, 6.07) is 10.5. The van der Waals surface area contributed by atoms with Gasteiger partial charge in [-0.1, -0.05) is 30.3 Å². The largest absolute Gasteiger partial charge is 0.489 e. The summed E-state index contributed by atoms with van der Waals surface area (Å²) in [5.41, 5.74) is 0. The van der Waals surface area contributed by atoms with E-state index in [4.69, 9.17) is 4.74 Å². The van der Waals surface area contributed by atoms with E-state index in [2.05, 4.69) is 0 Å². The number of ether oxygens (including phenoxy) is 1. The molecule has 0 fully saturated rings. The molecule has 0 atom stereocenters. The Hall–Kier alpha value is -1.35. The third-order valence-electron chi connectivity index (χ3n) is 2.53. The molecule has 0 saturated heterocycles. The molecule has 0 heterocycles. The topological polar surface area (TPSA) is 66.8 Å². The van der Waals surface area contributed by atoms with Gasteiger partial charge in [0.2, 0.25) is 0 Å². The van der Waals surface area contributed by atoms with E-state index in [9.17, 15) is 14.4 Å². The molecule has 2 aromatic carbocycles. The Bertz CT molecular complexity index is 615. The molecular weight excluding hydrogens is 251 g/mol. The van der Waals surface area contributed by atoms with Crippen LogP contribution in [0.3, 0.4) is 0 Å². The molecule has 0 aromatic heterocycles. The number of fused-ring (bicyclic) bond motifs is 1. The number of hydrogen-bond donors (Lipinski definition) is 2. The Morgan fingerprint density at radius 3 is 2.39 bits per heavy atom. The molecule has 0 spiro atoms. The smallest absolute Gasteiger partial charge is 0.359 e. The van der Waals surface area contributed by atoms with Gasteiger partial charge in [0, 0.05) is 5.39 Å². The average Bonchev–Trinajstić information content (AvgIpc) is 2.27. The minimum Gasteiger partial charge on any atom is -0.489 e. The molecule has 0 amide bonds. The second-order valence-electron chi connectivity index (χ2n) is 4.35. The normalized spacial score (nSPS) is 12.1. The van der Waals surface area contributed by atoms with Crippen LogP contribution >= 0.6 is 7.60 Å². The summed E-state index contributed by atoms with van der Waals surface area (Å²) in [6.45, 7) is 3.65.